The van der Waals surface area contributed by atoms with E-state index >= 15 is 0 Å². The molecule has 8 heteroatoms. The third-order valence-electron chi connectivity index (χ3n) is 5.78. The molecule has 2 aromatic rings. The van der Waals surface area contributed by atoms with Gasteiger partial charge in [0.15, 0.2) is 6.10 Å². The summed E-state index contributed by atoms with van der Waals surface area (Å²) in [6.45, 7) is 2.64. The van der Waals surface area contributed by atoms with Crippen LogP contribution in [0, 0.1) is 11.7 Å². The number of amides is 1. The number of fused-ring (bicyclic) bond motifs is 1. The van der Waals surface area contributed by atoms with E-state index in [0.717, 1.165) is 19.4 Å². The van der Waals surface area contributed by atoms with Crippen LogP contribution in [-0.2, 0) is 4.79 Å². The van der Waals surface area contributed by atoms with Gasteiger partial charge in [-0.05, 0) is 62.8 Å². The topological polar surface area (TPSA) is 68.5 Å². The van der Waals surface area contributed by atoms with Crippen LogP contribution in [0.2, 0.25) is 0 Å². The summed E-state index contributed by atoms with van der Waals surface area (Å²) in [6, 6.07) is 6.18. The van der Waals surface area contributed by atoms with E-state index in [-0.39, 0.29) is 11.7 Å². The molecule has 1 saturated heterocycles. The minimum atomic E-state index is -0.469. The van der Waals surface area contributed by atoms with Crippen LogP contribution in [0.5, 0.6) is 5.75 Å². The Hall–Kier alpha value is -2.09. The average molecular weight is 420 g/mol. The third-order valence-corrected chi connectivity index (χ3v) is 6.58. The number of carbonyl (C=O) groups is 1. The molecule has 2 fully saturated rings. The lowest BCUT2D eigenvalue weighted by Gasteiger charge is -2.44. The summed E-state index contributed by atoms with van der Waals surface area (Å²) >= 11 is 1.27. The second-order valence-electron chi connectivity index (χ2n) is 7.75. The molecule has 0 N–H and O–H groups in total. The van der Waals surface area contributed by atoms with Gasteiger partial charge in [0.1, 0.15) is 11.6 Å². The molecule has 1 aliphatic heterocycles. The third kappa shape index (κ3) is 4.91. The molecule has 0 bridgehead atoms. The summed E-state index contributed by atoms with van der Waals surface area (Å²) in [5.41, 5.74) is 0. The first kappa shape index (κ1) is 20.2. The van der Waals surface area contributed by atoms with Gasteiger partial charge in [0.05, 0.1) is 5.75 Å². The Morgan fingerprint density at radius 1 is 1.24 bits per heavy atom. The quantitative estimate of drug-likeness (QED) is 0.637. The summed E-state index contributed by atoms with van der Waals surface area (Å²) in [5, 5.41) is 8.41. The van der Waals surface area contributed by atoms with Crippen molar-refractivity contribution in [2.75, 3.05) is 12.3 Å². The van der Waals surface area contributed by atoms with Gasteiger partial charge in [-0.25, -0.2) is 4.39 Å². The number of thioether (sulfide) groups is 1. The predicted octanol–water partition coefficient (Wildman–Crippen LogP) is 4.62. The molecule has 0 radical (unpaired) electrons. The molecule has 1 aromatic carbocycles. The zero-order valence-electron chi connectivity index (χ0n) is 16.6. The van der Waals surface area contributed by atoms with Crippen LogP contribution in [0.4, 0.5) is 4.39 Å². The van der Waals surface area contributed by atoms with Gasteiger partial charge >= 0.3 is 0 Å². The van der Waals surface area contributed by atoms with Crippen molar-refractivity contribution >= 4 is 17.7 Å². The van der Waals surface area contributed by atoms with E-state index in [1.165, 1.54) is 49.6 Å². The molecule has 1 aromatic heterocycles. The number of benzene rings is 1. The molecule has 2 aliphatic rings. The number of likely N-dealkylation sites (tertiary alicyclic amines) is 1. The SMILES string of the molecule is C[C@H](Oc1ccc(F)cc1)c1nnc(SCC(=O)N2CCC[C@H]3CCCC[C@H]32)o1. The second kappa shape index (κ2) is 9.15. The van der Waals surface area contributed by atoms with Gasteiger partial charge in [-0.2, -0.15) is 0 Å². The maximum absolute atomic E-state index is 13.0. The van der Waals surface area contributed by atoms with Crippen molar-refractivity contribution in [3.63, 3.8) is 0 Å². The smallest absolute Gasteiger partial charge is 0.277 e. The minimum absolute atomic E-state index is 0.155. The lowest BCUT2D eigenvalue weighted by atomic mass is 9.78. The minimum Gasteiger partial charge on any atom is -0.481 e. The van der Waals surface area contributed by atoms with Crippen LogP contribution in [-0.4, -0.2) is 39.3 Å². The predicted molar refractivity (Wildman–Crippen MR) is 107 cm³/mol. The molecule has 3 atom stereocenters. The van der Waals surface area contributed by atoms with Crippen LogP contribution in [0.1, 0.15) is 57.4 Å². The molecule has 4 rings (SSSR count). The van der Waals surface area contributed by atoms with Crippen LogP contribution in [0.25, 0.3) is 0 Å². The molecule has 29 heavy (non-hydrogen) atoms. The summed E-state index contributed by atoms with van der Waals surface area (Å²) in [7, 11) is 0. The highest BCUT2D eigenvalue weighted by molar-refractivity contribution is 7.99. The van der Waals surface area contributed by atoms with E-state index in [2.05, 4.69) is 15.1 Å². The lowest BCUT2D eigenvalue weighted by Crippen LogP contribution is -2.50. The average Bonchev–Trinajstić information content (AvgIpc) is 3.22. The Kier molecular flexibility index (Phi) is 6.37. The molecule has 0 spiro atoms. The molecular formula is C21H26FN3O3S. The first-order valence-corrected chi connectivity index (χ1v) is 11.3. The van der Waals surface area contributed by atoms with Crippen LogP contribution in [0.3, 0.4) is 0 Å². The Balaban J connectivity index is 1.30. The number of piperidine rings is 1. The number of rotatable bonds is 6. The fraction of sp³-hybridized carbons (Fsp3) is 0.571. The summed E-state index contributed by atoms with van der Waals surface area (Å²) in [5.74, 6) is 1.66. The van der Waals surface area contributed by atoms with Crippen LogP contribution >= 0.6 is 11.8 Å². The number of hydrogen-bond donors (Lipinski definition) is 0. The van der Waals surface area contributed by atoms with Gasteiger partial charge in [-0.3, -0.25) is 4.79 Å². The fourth-order valence-electron chi connectivity index (χ4n) is 4.35. The van der Waals surface area contributed by atoms with Crippen molar-refractivity contribution in [1.82, 2.24) is 15.1 Å². The first-order chi connectivity index (χ1) is 14.1. The van der Waals surface area contributed by atoms with Gasteiger partial charge < -0.3 is 14.1 Å². The highest BCUT2D eigenvalue weighted by atomic mass is 32.2. The van der Waals surface area contributed by atoms with E-state index in [1.807, 2.05) is 0 Å². The lowest BCUT2D eigenvalue weighted by molar-refractivity contribution is -0.134. The monoisotopic (exact) mass is 419 g/mol. The Morgan fingerprint density at radius 2 is 2.00 bits per heavy atom. The van der Waals surface area contributed by atoms with Crippen molar-refractivity contribution in [3.05, 3.63) is 36.0 Å². The Labute approximate surface area is 174 Å². The van der Waals surface area contributed by atoms with E-state index in [0.29, 0.717) is 34.6 Å². The molecule has 6 nitrogen and oxygen atoms in total. The van der Waals surface area contributed by atoms with Crippen LogP contribution in [0.15, 0.2) is 33.9 Å². The van der Waals surface area contributed by atoms with E-state index in [4.69, 9.17) is 9.15 Å². The highest BCUT2D eigenvalue weighted by Gasteiger charge is 2.35. The number of nitrogens with zero attached hydrogens (tertiary/aromatic N) is 3. The summed E-state index contributed by atoms with van der Waals surface area (Å²) in [4.78, 5) is 14.9. The van der Waals surface area contributed by atoms with Gasteiger partial charge in [-0.1, -0.05) is 24.6 Å². The zero-order chi connectivity index (χ0) is 20.2. The molecular weight excluding hydrogens is 393 g/mol. The molecule has 0 unspecified atom stereocenters. The molecule has 1 aliphatic carbocycles. The standard InChI is InChI=1S/C21H26FN3O3S/c1-14(27-17-10-8-16(22)9-11-17)20-23-24-21(28-20)29-13-19(26)25-12-4-6-15-5-2-3-7-18(15)25/h8-11,14-15,18H,2-7,12-13H2,1H3/t14-,15+,18+/m0/s1. The van der Waals surface area contributed by atoms with Crippen molar-refractivity contribution in [3.8, 4) is 5.75 Å². The second-order valence-corrected chi connectivity index (χ2v) is 8.68. The molecule has 156 valence electrons. The number of aromatic nitrogens is 2. The maximum Gasteiger partial charge on any atom is 0.277 e. The summed E-state index contributed by atoms with van der Waals surface area (Å²) < 4.78 is 24.4. The maximum atomic E-state index is 13.0. The molecule has 2 heterocycles. The van der Waals surface area contributed by atoms with Gasteiger partial charge in [-0.15, -0.1) is 10.2 Å². The van der Waals surface area contributed by atoms with E-state index in [1.54, 1.807) is 19.1 Å². The number of ether oxygens (including phenoxy) is 1. The summed E-state index contributed by atoms with van der Waals surface area (Å²) in [6.07, 6.45) is 6.77. The van der Waals surface area contributed by atoms with Gasteiger partial charge in [0.2, 0.25) is 5.91 Å². The van der Waals surface area contributed by atoms with Crippen molar-refractivity contribution in [2.45, 2.75) is 62.8 Å². The van der Waals surface area contributed by atoms with Crippen molar-refractivity contribution in [2.24, 2.45) is 5.92 Å². The Bertz CT molecular complexity index is 827. The van der Waals surface area contributed by atoms with Crippen molar-refractivity contribution in [1.29, 1.82) is 0 Å². The van der Waals surface area contributed by atoms with E-state index < -0.39 is 6.10 Å². The molecule has 1 amide bonds. The van der Waals surface area contributed by atoms with Gasteiger partial charge in [0.25, 0.3) is 11.1 Å². The number of carbonyl (C=O) groups excluding carboxylic acids is 1. The van der Waals surface area contributed by atoms with Crippen molar-refractivity contribution < 1.29 is 18.3 Å². The first-order valence-electron chi connectivity index (χ1n) is 10.3. The number of halogens is 1. The fourth-order valence-corrected chi connectivity index (χ4v) is 5.01. The Morgan fingerprint density at radius 3 is 2.83 bits per heavy atom. The normalized spacial score (nSPS) is 22.8. The zero-order valence-corrected chi connectivity index (χ0v) is 17.4. The van der Waals surface area contributed by atoms with Gasteiger partial charge in [0, 0.05) is 12.6 Å². The van der Waals surface area contributed by atoms with Crippen LogP contribution < -0.4 is 4.74 Å². The largest absolute Gasteiger partial charge is 0.481 e. The molecule has 1 saturated carbocycles. The van der Waals surface area contributed by atoms with E-state index in [9.17, 15) is 9.18 Å². The number of hydrogen-bond acceptors (Lipinski definition) is 6. The highest BCUT2D eigenvalue weighted by Crippen LogP contribution is 2.35.